The summed E-state index contributed by atoms with van der Waals surface area (Å²) in [6.45, 7) is 3.05. The van der Waals surface area contributed by atoms with Crippen LogP contribution in [-0.4, -0.2) is 80.1 Å². The van der Waals surface area contributed by atoms with Gasteiger partial charge >= 0.3 is 0 Å². The second-order valence-corrected chi connectivity index (χ2v) is 11.0. The number of aromatic nitrogens is 4. The topological polar surface area (TPSA) is 85.6 Å². The summed E-state index contributed by atoms with van der Waals surface area (Å²) in [6, 6.07) is 8.87. The van der Waals surface area contributed by atoms with E-state index in [0.717, 1.165) is 38.6 Å². The van der Waals surface area contributed by atoms with Gasteiger partial charge in [0.25, 0.3) is 6.43 Å². The first kappa shape index (κ1) is 25.4. The molecule has 6 rings (SSSR count). The number of imidazole rings is 1. The van der Waals surface area contributed by atoms with Gasteiger partial charge in [-0.3, -0.25) is 9.36 Å². The van der Waals surface area contributed by atoms with Gasteiger partial charge in [0.05, 0.1) is 29.1 Å². The third kappa shape index (κ3) is 4.95. The molecule has 0 spiro atoms. The number of fused-ring (bicyclic) bond motifs is 1. The van der Waals surface area contributed by atoms with Crippen LogP contribution in [0.15, 0.2) is 30.3 Å². The third-order valence-corrected chi connectivity index (χ3v) is 8.38. The van der Waals surface area contributed by atoms with Crippen molar-refractivity contribution >= 4 is 38.8 Å². The zero-order chi connectivity index (χ0) is 26.2. The molecule has 12 heteroatoms. The van der Waals surface area contributed by atoms with E-state index < -0.39 is 6.43 Å². The average Bonchev–Trinajstić information content (AvgIpc) is 3.50. The Morgan fingerprint density at radius 1 is 1.00 bits per heavy atom. The molecule has 1 aromatic carbocycles. The molecule has 202 valence electrons. The highest BCUT2D eigenvalue weighted by atomic mass is 79.9. The number of hydrogen-bond acceptors (Lipinski definition) is 7. The van der Waals surface area contributed by atoms with Crippen molar-refractivity contribution in [1.82, 2.24) is 24.4 Å². The van der Waals surface area contributed by atoms with E-state index in [1.807, 2.05) is 9.80 Å². The lowest BCUT2D eigenvalue weighted by molar-refractivity contribution is -0.130. The van der Waals surface area contributed by atoms with Crippen molar-refractivity contribution < 1.29 is 23.0 Å². The fourth-order valence-corrected chi connectivity index (χ4v) is 6.05. The molecule has 1 saturated carbocycles. The smallest absolute Gasteiger partial charge is 0.296 e. The standard InChI is InChI=1S/C26H29BrF2N6O3/c27-18-9-10-34(25(18)36)16-5-7-17(8-6-16)38-22-15-21(31-26(32-22)33-11-13-37-14-12-33)35-20-4-2-1-3-19(20)30-24(35)23(28)29/h1-4,15-18,23H,5-14H2. The summed E-state index contributed by atoms with van der Waals surface area (Å²) in [4.78, 5) is 29.9. The van der Waals surface area contributed by atoms with Gasteiger partial charge in [0, 0.05) is 31.7 Å². The molecule has 3 aliphatic rings. The Hall–Kier alpha value is -2.86. The van der Waals surface area contributed by atoms with Crippen LogP contribution in [0.4, 0.5) is 14.7 Å². The number of halogens is 3. The van der Waals surface area contributed by atoms with Crippen molar-refractivity contribution in [3.63, 3.8) is 0 Å². The average molecular weight is 591 g/mol. The van der Waals surface area contributed by atoms with Crippen molar-refractivity contribution in [1.29, 1.82) is 0 Å². The molecule has 3 fully saturated rings. The van der Waals surface area contributed by atoms with E-state index in [4.69, 9.17) is 9.47 Å². The first-order valence-electron chi connectivity index (χ1n) is 13.1. The molecule has 2 aromatic heterocycles. The second kappa shape index (κ2) is 10.7. The van der Waals surface area contributed by atoms with Gasteiger partial charge in [0.2, 0.25) is 17.7 Å². The van der Waals surface area contributed by atoms with E-state index >= 15 is 0 Å². The van der Waals surface area contributed by atoms with Crippen LogP contribution in [-0.2, 0) is 9.53 Å². The predicted molar refractivity (Wildman–Crippen MR) is 140 cm³/mol. The molecule has 1 unspecified atom stereocenters. The summed E-state index contributed by atoms with van der Waals surface area (Å²) in [5.41, 5.74) is 1.01. The Morgan fingerprint density at radius 2 is 1.76 bits per heavy atom. The van der Waals surface area contributed by atoms with Gasteiger partial charge in [0.1, 0.15) is 11.9 Å². The lowest BCUT2D eigenvalue weighted by atomic mass is 9.92. The molecule has 0 radical (unpaired) electrons. The van der Waals surface area contributed by atoms with Crippen LogP contribution in [0.25, 0.3) is 16.9 Å². The Labute approximate surface area is 227 Å². The number of amides is 1. The minimum absolute atomic E-state index is 0.0769. The summed E-state index contributed by atoms with van der Waals surface area (Å²) in [5, 5.41) is 0. The SMILES string of the molecule is O=C1C(Br)CCN1C1CCC(Oc2cc(-n3c(C(F)F)nc4ccccc43)nc(N3CCOCC3)n2)CC1. The number of likely N-dealkylation sites (tertiary alicyclic amines) is 1. The predicted octanol–water partition coefficient (Wildman–Crippen LogP) is 4.28. The molecule has 1 amide bonds. The number of rotatable bonds is 6. The Bertz CT molecular complexity index is 1310. The maximum Gasteiger partial charge on any atom is 0.296 e. The number of para-hydroxylation sites is 2. The fourth-order valence-electron chi connectivity index (χ4n) is 5.59. The normalized spacial score (nSPS) is 24.5. The van der Waals surface area contributed by atoms with Gasteiger partial charge in [-0.15, -0.1) is 0 Å². The number of anilines is 1. The zero-order valence-electron chi connectivity index (χ0n) is 20.8. The van der Waals surface area contributed by atoms with E-state index in [2.05, 4.69) is 30.9 Å². The number of ether oxygens (including phenoxy) is 2. The number of morpholine rings is 1. The van der Waals surface area contributed by atoms with Crippen LogP contribution in [0.5, 0.6) is 5.88 Å². The number of nitrogens with zero attached hydrogens (tertiary/aromatic N) is 6. The van der Waals surface area contributed by atoms with Crippen LogP contribution < -0.4 is 9.64 Å². The van der Waals surface area contributed by atoms with Crippen molar-refractivity contribution in [2.45, 2.75) is 55.5 Å². The van der Waals surface area contributed by atoms with Crippen molar-refractivity contribution in [2.75, 3.05) is 37.7 Å². The van der Waals surface area contributed by atoms with Crippen LogP contribution in [0.3, 0.4) is 0 Å². The van der Waals surface area contributed by atoms with Crippen LogP contribution in [0.1, 0.15) is 44.4 Å². The molecule has 3 aromatic rings. The summed E-state index contributed by atoms with van der Waals surface area (Å²) in [5.74, 6) is 0.853. The molecule has 38 heavy (non-hydrogen) atoms. The highest BCUT2D eigenvalue weighted by Crippen LogP contribution is 2.33. The number of alkyl halides is 3. The van der Waals surface area contributed by atoms with Gasteiger partial charge < -0.3 is 19.3 Å². The molecule has 4 heterocycles. The van der Waals surface area contributed by atoms with E-state index in [9.17, 15) is 13.6 Å². The van der Waals surface area contributed by atoms with Gasteiger partial charge in [-0.2, -0.15) is 9.97 Å². The maximum atomic E-state index is 14.1. The number of carbonyl (C=O) groups is 1. The first-order valence-corrected chi connectivity index (χ1v) is 14.0. The minimum Gasteiger partial charge on any atom is -0.474 e. The molecule has 2 saturated heterocycles. The van der Waals surface area contributed by atoms with Crippen LogP contribution >= 0.6 is 15.9 Å². The lowest BCUT2D eigenvalue weighted by Gasteiger charge is -2.34. The molecule has 1 aliphatic carbocycles. The van der Waals surface area contributed by atoms with Crippen LogP contribution in [0, 0.1) is 0 Å². The lowest BCUT2D eigenvalue weighted by Crippen LogP contribution is -2.41. The summed E-state index contributed by atoms with van der Waals surface area (Å²) in [7, 11) is 0. The van der Waals surface area contributed by atoms with Crippen molar-refractivity contribution in [3.8, 4) is 11.7 Å². The molecular formula is C26H29BrF2N6O3. The van der Waals surface area contributed by atoms with Gasteiger partial charge in [-0.1, -0.05) is 28.1 Å². The van der Waals surface area contributed by atoms with Crippen molar-refractivity contribution in [3.05, 3.63) is 36.2 Å². The van der Waals surface area contributed by atoms with Crippen LogP contribution in [0.2, 0.25) is 0 Å². The summed E-state index contributed by atoms with van der Waals surface area (Å²) < 4.78 is 41.4. The zero-order valence-corrected chi connectivity index (χ0v) is 22.4. The molecule has 9 nitrogen and oxygen atoms in total. The Kier molecular flexibility index (Phi) is 7.17. The molecular weight excluding hydrogens is 562 g/mol. The molecule has 1 atom stereocenters. The quantitative estimate of drug-likeness (QED) is 0.396. The highest BCUT2D eigenvalue weighted by molar-refractivity contribution is 9.10. The summed E-state index contributed by atoms with van der Waals surface area (Å²) in [6.07, 6.45) is 1.24. The van der Waals surface area contributed by atoms with E-state index in [1.165, 1.54) is 4.57 Å². The summed E-state index contributed by atoms with van der Waals surface area (Å²) >= 11 is 3.46. The van der Waals surface area contributed by atoms with Gasteiger partial charge in [0.15, 0.2) is 5.82 Å². The largest absolute Gasteiger partial charge is 0.474 e. The Morgan fingerprint density at radius 3 is 2.47 bits per heavy atom. The molecule has 0 N–H and O–H groups in total. The monoisotopic (exact) mass is 590 g/mol. The van der Waals surface area contributed by atoms with Crippen molar-refractivity contribution in [2.24, 2.45) is 0 Å². The number of carbonyl (C=O) groups excluding carboxylic acids is 1. The highest BCUT2D eigenvalue weighted by Gasteiger charge is 2.36. The second-order valence-electron chi connectivity index (χ2n) is 9.89. The van der Waals surface area contributed by atoms with Gasteiger partial charge in [-0.25, -0.2) is 13.8 Å². The van der Waals surface area contributed by atoms with Gasteiger partial charge in [-0.05, 0) is 44.2 Å². The number of hydrogen-bond donors (Lipinski definition) is 0. The maximum absolute atomic E-state index is 14.1. The molecule has 2 aliphatic heterocycles. The third-order valence-electron chi connectivity index (χ3n) is 7.53. The minimum atomic E-state index is -2.78. The fraction of sp³-hybridized carbons (Fsp3) is 0.538. The molecule has 0 bridgehead atoms. The number of benzene rings is 1. The van der Waals surface area contributed by atoms with E-state index in [1.54, 1.807) is 30.3 Å². The first-order chi connectivity index (χ1) is 18.5. The van der Waals surface area contributed by atoms with E-state index in [0.29, 0.717) is 55.0 Å². The Balaban J connectivity index is 1.29. The van der Waals surface area contributed by atoms with E-state index in [-0.39, 0.29) is 28.7 Å².